The van der Waals surface area contributed by atoms with Gasteiger partial charge in [-0.15, -0.1) is 11.6 Å². The van der Waals surface area contributed by atoms with E-state index < -0.39 is 6.43 Å². The number of rotatable bonds is 2. The Morgan fingerprint density at radius 2 is 1.77 bits per heavy atom. The Labute approximate surface area is 89.4 Å². The Kier molecular flexibility index (Phi) is 3.77. The smallest absolute Gasteiger partial charge is 0.205 e. The molecule has 0 aliphatic carbocycles. The summed E-state index contributed by atoms with van der Waals surface area (Å²) in [4.78, 5) is 0. The van der Waals surface area contributed by atoms with Crippen molar-refractivity contribution in [3.63, 3.8) is 0 Å². The lowest BCUT2D eigenvalue weighted by Gasteiger charge is -2.06. The van der Waals surface area contributed by atoms with E-state index in [1.54, 1.807) is 0 Å². The Hall–Kier alpha value is -0.0500. The molecule has 0 fully saturated rings. The van der Waals surface area contributed by atoms with Crippen LogP contribution < -0.4 is 0 Å². The summed E-state index contributed by atoms with van der Waals surface area (Å²) >= 11 is 16.8. The Morgan fingerprint density at radius 1 is 1.15 bits per heavy atom. The molecule has 13 heavy (non-hydrogen) atoms. The van der Waals surface area contributed by atoms with Crippen LogP contribution in [0.4, 0.5) is 8.78 Å². The molecule has 0 aliphatic heterocycles. The second-order valence-electron chi connectivity index (χ2n) is 2.40. The normalized spacial score (nSPS) is 10.9. The second kappa shape index (κ2) is 4.45. The Morgan fingerprint density at radius 3 is 2.23 bits per heavy atom. The van der Waals surface area contributed by atoms with Gasteiger partial charge in [-0.2, -0.15) is 0 Å². The highest BCUT2D eigenvalue weighted by atomic mass is 35.5. The first kappa shape index (κ1) is 11.0. The summed E-state index contributed by atoms with van der Waals surface area (Å²) in [7, 11) is 0. The molecule has 0 aromatic heterocycles. The summed E-state index contributed by atoms with van der Waals surface area (Å²) in [6, 6.07) is 2.50. The minimum atomic E-state index is -2.62. The first-order valence-electron chi connectivity index (χ1n) is 3.38. The molecule has 72 valence electrons. The van der Waals surface area contributed by atoms with Gasteiger partial charge in [-0.25, -0.2) is 8.78 Å². The van der Waals surface area contributed by atoms with Crippen molar-refractivity contribution in [2.45, 2.75) is 12.3 Å². The van der Waals surface area contributed by atoms with Crippen molar-refractivity contribution in [1.29, 1.82) is 0 Å². The van der Waals surface area contributed by atoms with Crippen molar-refractivity contribution in [2.75, 3.05) is 0 Å². The first-order valence-corrected chi connectivity index (χ1v) is 4.67. The van der Waals surface area contributed by atoms with Crippen molar-refractivity contribution in [3.05, 3.63) is 33.3 Å². The van der Waals surface area contributed by atoms with Gasteiger partial charge in [0.1, 0.15) is 0 Å². The third-order valence-corrected chi connectivity index (χ3v) is 2.51. The molecule has 0 heterocycles. The maximum atomic E-state index is 12.3. The summed E-state index contributed by atoms with van der Waals surface area (Å²) in [6.45, 7) is 0. The molecule has 0 N–H and O–H groups in total. The summed E-state index contributed by atoms with van der Waals surface area (Å²) in [6.07, 6.45) is -2.62. The summed E-state index contributed by atoms with van der Waals surface area (Å²) < 4.78 is 24.5. The number of hydrogen-bond acceptors (Lipinski definition) is 0. The Bertz CT molecular complexity index is 313. The zero-order valence-electron chi connectivity index (χ0n) is 6.33. The summed E-state index contributed by atoms with van der Waals surface area (Å²) in [5.41, 5.74) is 0.290. The van der Waals surface area contributed by atoms with Gasteiger partial charge in [0.2, 0.25) is 0 Å². The number of halogens is 5. The molecule has 0 atom stereocenters. The molecule has 0 spiro atoms. The molecule has 1 aromatic carbocycles. The van der Waals surface area contributed by atoms with E-state index in [2.05, 4.69) is 0 Å². The predicted molar refractivity (Wildman–Crippen MR) is 51.0 cm³/mol. The number of hydrogen-bond donors (Lipinski definition) is 0. The van der Waals surface area contributed by atoms with Crippen LogP contribution in [-0.4, -0.2) is 0 Å². The van der Waals surface area contributed by atoms with E-state index in [9.17, 15) is 8.78 Å². The van der Waals surface area contributed by atoms with Gasteiger partial charge in [0.05, 0.1) is 0 Å². The van der Waals surface area contributed by atoms with Crippen molar-refractivity contribution in [3.8, 4) is 0 Å². The van der Waals surface area contributed by atoms with Crippen LogP contribution in [0.5, 0.6) is 0 Å². The van der Waals surface area contributed by atoms with Crippen LogP contribution in [-0.2, 0) is 5.88 Å². The van der Waals surface area contributed by atoms with E-state index in [0.717, 1.165) is 6.07 Å². The van der Waals surface area contributed by atoms with E-state index >= 15 is 0 Å². The average Bonchev–Trinajstić information content (AvgIpc) is 2.07. The van der Waals surface area contributed by atoms with Crippen LogP contribution in [0.25, 0.3) is 0 Å². The van der Waals surface area contributed by atoms with E-state index in [4.69, 9.17) is 34.8 Å². The van der Waals surface area contributed by atoms with Crippen molar-refractivity contribution >= 4 is 34.8 Å². The third kappa shape index (κ3) is 2.46. The lowest BCUT2D eigenvalue weighted by Crippen LogP contribution is -1.89. The van der Waals surface area contributed by atoms with E-state index in [1.807, 2.05) is 0 Å². The van der Waals surface area contributed by atoms with Gasteiger partial charge < -0.3 is 0 Å². The fourth-order valence-electron chi connectivity index (χ4n) is 0.873. The molecule has 0 amide bonds. The maximum absolute atomic E-state index is 12.3. The Balaban J connectivity index is 3.20. The quantitative estimate of drug-likeness (QED) is 0.664. The lowest BCUT2D eigenvalue weighted by molar-refractivity contribution is 0.151. The van der Waals surface area contributed by atoms with Crippen LogP contribution >= 0.6 is 34.8 Å². The maximum Gasteiger partial charge on any atom is 0.265 e. The molecule has 0 bridgehead atoms. The topological polar surface area (TPSA) is 0 Å². The first-order chi connectivity index (χ1) is 6.06. The number of alkyl halides is 3. The SMILES string of the molecule is FC(F)c1cc(Cl)c(CCl)cc1Cl. The van der Waals surface area contributed by atoms with Crippen LogP contribution in [0.2, 0.25) is 10.0 Å². The van der Waals surface area contributed by atoms with Gasteiger partial charge in [-0.05, 0) is 17.7 Å². The van der Waals surface area contributed by atoms with Gasteiger partial charge in [-0.3, -0.25) is 0 Å². The molecule has 0 saturated heterocycles. The van der Waals surface area contributed by atoms with Crippen molar-refractivity contribution in [1.82, 2.24) is 0 Å². The molecule has 1 rings (SSSR count). The fraction of sp³-hybridized carbons (Fsp3) is 0.250. The minimum Gasteiger partial charge on any atom is -0.205 e. The summed E-state index contributed by atoms with van der Waals surface area (Å²) in [5.74, 6) is 0.155. The van der Waals surface area contributed by atoms with Gasteiger partial charge in [0.15, 0.2) is 0 Å². The van der Waals surface area contributed by atoms with Crippen molar-refractivity contribution in [2.24, 2.45) is 0 Å². The zero-order chi connectivity index (χ0) is 10.0. The molecule has 0 nitrogen and oxygen atoms in total. The van der Waals surface area contributed by atoms with E-state index in [1.165, 1.54) is 6.07 Å². The molecule has 0 radical (unpaired) electrons. The number of benzene rings is 1. The van der Waals surface area contributed by atoms with Crippen LogP contribution in [0.15, 0.2) is 12.1 Å². The molecule has 0 saturated carbocycles. The van der Waals surface area contributed by atoms with Gasteiger partial charge in [-0.1, -0.05) is 23.2 Å². The van der Waals surface area contributed by atoms with Crippen LogP contribution in [0, 0.1) is 0 Å². The van der Waals surface area contributed by atoms with Crippen LogP contribution in [0.3, 0.4) is 0 Å². The molecular formula is C8H5Cl3F2. The monoisotopic (exact) mass is 244 g/mol. The zero-order valence-corrected chi connectivity index (χ0v) is 8.60. The van der Waals surface area contributed by atoms with Gasteiger partial charge in [0, 0.05) is 21.5 Å². The molecule has 1 aromatic rings. The fourth-order valence-corrected chi connectivity index (χ4v) is 1.67. The van der Waals surface area contributed by atoms with Gasteiger partial charge in [0.25, 0.3) is 6.43 Å². The molecule has 0 unspecified atom stereocenters. The van der Waals surface area contributed by atoms with E-state index in [-0.39, 0.29) is 21.5 Å². The summed E-state index contributed by atoms with van der Waals surface area (Å²) in [5, 5.41) is 0.213. The van der Waals surface area contributed by atoms with Gasteiger partial charge >= 0.3 is 0 Å². The second-order valence-corrected chi connectivity index (χ2v) is 3.48. The van der Waals surface area contributed by atoms with E-state index in [0.29, 0.717) is 5.56 Å². The highest BCUT2D eigenvalue weighted by molar-refractivity contribution is 6.34. The molecule has 5 heteroatoms. The largest absolute Gasteiger partial charge is 0.265 e. The average molecular weight is 245 g/mol. The predicted octanol–water partition coefficient (Wildman–Crippen LogP) is 4.67. The minimum absolute atomic E-state index is 0.00458. The van der Waals surface area contributed by atoms with Crippen LogP contribution in [0.1, 0.15) is 17.6 Å². The molecular weight excluding hydrogens is 240 g/mol. The van der Waals surface area contributed by atoms with Crippen molar-refractivity contribution < 1.29 is 8.78 Å². The standard InChI is InChI=1S/C8H5Cl3F2/c9-3-4-1-7(11)5(8(12)13)2-6(4)10/h1-2,8H,3H2. The lowest BCUT2D eigenvalue weighted by atomic mass is 10.1. The third-order valence-electron chi connectivity index (χ3n) is 1.54. The highest BCUT2D eigenvalue weighted by Gasteiger charge is 2.14. The highest BCUT2D eigenvalue weighted by Crippen LogP contribution is 2.32. The molecule has 0 aliphatic rings.